The molecule has 5 heteroatoms. The van der Waals surface area contributed by atoms with Gasteiger partial charge in [-0.05, 0) is 48.2 Å². The van der Waals surface area contributed by atoms with Crippen LogP contribution < -0.4 is 10.1 Å². The van der Waals surface area contributed by atoms with Crippen LogP contribution in [0.25, 0.3) is 5.57 Å². The number of hydrogen-bond acceptors (Lipinski definition) is 5. The molecule has 1 aliphatic carbocycles. The summed E-state index contributed by atoms with van der Waals surface area (Å²) in [6.45, 7) is 4.61. The van der Waals surface area contributed by atoms with Crippen molar-refractivity contribution in [1.29, 1.82) is 0 Å². The van der Waals surface area contributed by atoms with Crippen LogP contribution in [0.2, 0.25) is 0 Å². The fraction of sp³-hybridized carbons (Fsp3) is 0.391. The van der Waals surface area contributed by atoms with E-state index < -0.39 is 5.79 Å². The van der Waals surface area contributed by atoms with E-state index in [0.717, 1.165) is 48.3 Å². The minimum absolute atomic E-state index is 0.306. The maximum atomic E-state index is 6.14. The molecule has 148 valence electrons. The molecular formula is C23H27NO4. The fourth-order valence-electron chi connectivity index (χ4n) is 3.77. The molecule has 1 atom stereocenters. The Kier molecular flexibility index (Phi) is 5.67. The highest BCUT2D eigenvalue weighted by atomic mass is 17.2. The first-order valence-corrected chi connectivity index (χ1v) is 9.81. The summed E-state index contributed by atoms with van der Waals surface area (Å²) in [5.74, 6) is 0.180. The molecule has 5 nitrogen and oxygen atoms in total. The maximum absolute atomic E-state index is 6.14. The highest BCUT2D eigenvalue weighted by Gasteiger charge is 2.43. The van der Waals surface area contributed by atoms with E-state index in [1.807, 2.05) is 42.5 Å². The lowest BCUT2D eigenvalue weighted by Gasteiger charge is -2.43. The maximum Gasteiger partial charge on any atom is 0.201 e. The van der Waals surface area contributed by atoms with Crippen LogP contribution in [0.15, 0.2) is 61.2 Å². The monoisotopic (exact) mass is 381 g/mol. The van der Waals surface area contributed by atoms with Gasteiger partial charge in [0.25, 0.3) is 0 Å². The van der Waals surface area contributed by atoms with Crippen LogP contribution in [0, 0.1) is 0 Å². The minimum atomic E-state index is -0.633. The van der Waals surface area contributed by atoms with Gasteiger partial charge >= 0.3 is 0 Å². The lowest BCUT2D eigenvalue weighted by Crippen LogP contribution is -2.49. The highest BCUT2D eigenvalue weighted by molar-refractivity contribution is 5.67. The van der Waals surface area contributed by atoms with Crippen molar-refractivity contribution in [2.45, 2.75) is 43.6 Å². The third kappa shape index (κ3) is 4.22. The summed E-state index contributed by atoms with van der Waals surface area (Å²) in [6, 6.07) is 18.5. The molecule has 2 aromatic carbocycles. The zero-order valence-electron chi connectivity index (χ0n) is 16.2. The van der Waals surface area contributed by atoms with Crippen molar-refractivity contribution in [1.82, 2.24) is 0 Å². The van der Waals surface area contributed by atoms with E-state index in [0.29, 0.717) is 12.6 Å². The van der Waals surface area contributed by atoms with Crippen molar-refractivity contribution in [3.05, 3.63) is 66.7 Å². The first-order chi connectivity index (χ1) is 13.7. The van der Waals surface area contributed by atoms with Gasteiger partial charge in [0.1, 0.15) is 11.9 Å². The summed E-state index contributed by atoms with van der Waals surface area (Å²) >= 11 is 0. The molecule has 4 rings (SSSR count). The van der Waals surface area contributed by atoms with Gasteiger partial charge in [-0.1, -0.05) is 36.9 Å². The van der Waals surface area contributed by atoms with E-state index in [2.05, 4.69) is 24.0 Å². The largest absolute Gasteiger partial charge is 0.497 e. The molecule has 2 aromatic rings. The normalized spacial score (nSPS) is 27.3. The summed E-state index contributed by atoms with van der Waals surface area (Å²) < 4.78 is 11.3. The quantitative estimate of drug-likeness (QED) is 0.754. The zero-order chi connectivity index (χ0) is 19.4. The molecule has 1 aliphatic heterocycles. The Morgan fingerprint density at radius 1 is 1.07 bits per heavy atom. The molecule has 28 heavy (non-hydrogen) atoms. The van der Waals surface area contributed by atoms with Crippen LogP contribution in [0.3, 0.4) is 0 Å². The molecule has 1 saturated heterocycles. The predicted molar refractivity (Wildman–Crippen MR) is 109 cm³/mol. The van der Waals surface area contributed by atoms with Gasteiger partial charge in [-0.3, -0.25) is 0 Å². The Morgan fingerprint density at radius 3 is 2.39 bits per heavy atom. The number of hydrogen-bond donors (Lipinski definition) is 1. The summed E-state index contributed by atoms with van der Waals surface area (Å²) in [5, 5.41) is 3.58. The van der Waals surface area contributed by atoms with E-state index in [4.69, 9.17) is 19.2 Å². The van der Waals surface area contributed by atoms with Gasteiger partial charge in [0.15, 0.2) is 0 Å². The van der Waals surface area contributed by atoms with Gasteiger partial charge < -0.3 is 14.8 Å². The third-order valence-electron chi connectivity index (χ3n) is 5.56. The van der Waals surface area contributed by atoms with Crippen molar-refractivity contribution >= 4 is 11.3 Å². The number of methoxy groups -OCH3 is 1. The van der Waals surface area contributed by atoms with Gasteiger partial charge in [0.2, 0.25) is 5.79 Å². The SMILES string of the molecule is C=C(c1ccc(OC)cc1)C1COC2(CCC(Nc3ccccc3)CC2)OO1. The van der Waals surface area contributed by atoms with Gasteiger partial charge in [-0.15, -0.1) is 0 Å². The Bertz CT molecular complexity index is 772. The number of rotatable bonds is 5. The van der Waals surface area contributed by atoms with E-state index in [1.54, 1.807) is 7.11 Å². The number of nitrogens with one attached hydrogen (secondary N) is 1. The van der Waals surface area contributed by atoms with E-state index in [-0.39, 0.29) is 6.10 Å². The second-order valence-corrected chi connectivity index (χ2v) is 7.43. The van der Waals surface area contributed by atoms with Gasteiger partial charge in [-0.25, -0.2) is 9.78 Å². The second kappa shape index (κ2) is 8.35. The fourth-order valence-corrected chi connectivity index (χ4v) is 3.77. The molecule has 2 fully saturated rings. The molecule has 1 spiro atoms. The Labute approximate surface area is 166 Å². The van der Waals surface area contributed by atoms with Gasteiger partial charge in [-0.2, -0.15) is 0 Å². The summed E-state index contributed by atoms with van der Waals surface area (Å²) in [4.78, 5) is 11.5. The van der Waals surface area contributed by atoms with Crippen LogP contribution in [0.4, 0.5) is 5.69 Å². The third-order valence-corrected chi connectivity index (χ3v) is 5.56. The molecule has 0 bridgehead atoms. The average Bonchev–Trinajstić information content (AvgIpc) is 2.76. The molecule has 1 N–H and O–H groups in total. The number of benzene rings is 2. The first kappa shape index (κ1) is 19.0. The molecular weight excluding hydrogens is 354 g/mol. The first-order valence-electron chi connectivity index (χ1n) is 9.81. The Hall–Kier alpha value is -2.34. The molecule has 0 amide bonds. The van der Waals surface area contributed by atoms with Gasteiger partial charge in [0, 0.05) is 24.6 Å². The molecule has 0 aromatic heterocycles. The Balaban J connectivity index is 1.28. The summed E-state index contributed by atoms with van der Waals surface area (Å²) in [7, 11) is 1.65. The van der Waals surface area contributed by atoms with Crippen LogP contribution in [-0.4, -0.2) is 31.6 Å². The highest BCUT2D eigenvalue weighted by Crippen LogP contribution is 2.38. The number of anilines is 1. The molecule has 0 radical (unpaired) electrons. The molecule has 1 saturated carbocycles. The van der Waals surface area contributed by atoms with Gasteiger partial charge in [0.05, 0.1) is 13.7 Å². The molecule has 1 unspecified atom stereocenters. The average molecular weight is 381 g/mol. The van der Waals surface area contributed by atoms with E-state index >= 15 is 0 Å². The molecule has 1 heterocycles. The second-order valence-electron chi connectivity index (χ2n) is 7.43. The predicted octanol–water partition coefficient (Wildman–Crippen LogP) is 4.81. The number of para-hydroxylation sites is 1. The van der Waals surface area contributed by atoms with Crippen LogP contribution in [0.1, 0.15) is 31.2 Å². The minimum Gasteiger partial charge on any atom is -0.497 e. The Morgan fingerprint density at radius 2 is 1.79 bits per heavy atom. The van der Waals surface area contributed by atoms with Crippen molar-refractivity contribution in [3.63, 3.8) is 0 Å². The van der Waals surface area contributed by atoms with E-state index in [9.17, 15) is 0 Å². The van der Waals surface area contributed by atoms with E-state index in [1.165, 1.54) is 0 Å². The lowest BCUT2D eigenvalue weighted by molar-refractivity contribution is -0.483. The summed E-state index contributed by atoms with van der Waals surface area (Å²) in [6.07, 6.45) is 3.25. The van der Waals surface area contributed by atoms with Crippen molar-refractivity contribution in [3.8, 4) is 5.75 Å². The van der Waals surface area contributed by atoms with Crippen molar-refractivity contribution in [2.24, 2.45) is 0 Å². The lowest BCUT2D eigenvalue weighted by atomic mass is 9.89. The molecule has 2 aliphatic rings. The zero-order valence-corrected chi connectivity index (χ0v) is 16.2. The van der Waals surface area contributed by atoms with Crippen molar-refractivity contribution in [2.75, 3.05) is 19.0 Å². The topological polar surface area (TPSA) is 49.0 Å². The van der Waals surface area contributed by atoms with Crippen LogP contribution in [-0.2, 0) is 14.5 Å². The standard InChI is InChI=1S/C23H27NO4/c1-17(18-8-10-21(25-2)11-9-18)22-16-26-23(28-27-22)14-12-20(13-15-23)24-19-6-4-3-5-7-19/h3-11,20,22,24H,1,12-16H2,2H3. The number of ether oxygens (including phenoxy) is 2. The van der Waals surface area contributed by atoms with Crippen molar-refractivity contribution < 1.29 is 19.2 Å². The van der Waals surface area contributed by atoms with Crippen LogP contribution in [0.5, 0.6) is 5.75 Å². The summed E-state index contributed by atoms with van der Waals surface area (Å²) in [5.41, 5.74) is 2.99. The smallest absolute Gasteiger partial charge is 0.201 e. The van der Waals surface area contributed by atoms with Crippen LogP contribution >= 0.6 is 0 Å².